The van der Waals surface area contributed by atoms with Crippen molar-refractivity contribution in [3.63, 3.8) is 0 Å². The van der Waals surface area contributed by atoms with E-state index in [1.165, 1.54) is 13.8 Å². The molecule has 0 saturated carbocycles. The first-order chi connectivity index (χ1) is 12.7. The first kappa shape index (κ1) is 23.8. The summed E-state index contributed by atoms with van der Waals surface area (Å²) in [4.78, 5) is 21.7. The Morgan fingerprint density at radius 3 is 2.18 bits per heavy atom. The number of carbonyl (C=O) groups is 1. The van der Waals surface area contributed by atoms with E-state index in [4.69, 9.17) is 0 Å². The molecule has 158 valence electrons. The zero-order valence-corrected chi connectivity index (χ0v) is 16.3. The van der Waals surface area contributed by atoms with E-state index in [-0.39, 0.29) is 23.4 Å². The monoisotopic (exact) mass is 426 g/mol. The Morgan fingerprint density at radius 2 is 1.75 bits per heavy atom. The predicted octanol–water partition coefficient (Wildman–Crippen LogP) is 3.17. The van der Waals surface area contributed by atoms with E-state index in [1.54, 1.807) is 0 Å². The number of sulfonamides is 1. The molecule has 1 N–H and O–H groups in total. The number of benzene rings is 1. The minimum absolute atomic E-state index is 0.102. The number of esters is 1. The molecule has 1 aromatic rings. The number of hydrogen-bond donors (Lipinski definition) is 1. The van der Waals surface area contributed by atoms with Crippen LogP contribution in [0, 0.1) is 15.5 Å². The second-order valence-corrected chi connectivity index (χ2v) is 8.50. The zero-order chi connectivity index (χ0) is 21.8. The molecule has 0 fully saturated rings. The number of hydrogen-bond acceptors (Lipinski definition) is 6. The van der Waals surface area contributed by atoms with E-state index in [2.05, 4.69) is 9.46 Å². The molecule has 0 saturated heterocycles. The number of nitro benzene ring substituents is 1. The Hall–Kier alpha value is -2.21. The zero-order valence-electron chi connectivity index (χ0n) is 15.4. The molecule has 0 unspecified atom stereocenters. The lowest BCUT2D eigenvalue weighted by molar-refractivity contribution is -0.384. The molecule has 8 nitrogen and oxygen atoms in total. The van der Waals surface area contributed by atoms with Gasteiger partial charge in [-0.25, -0.2) is 8.42 Å². The fourth-order valence-electron chi connectivity index (χ4n) is 2.50. The molecule has 0 aliphatic carbocycles. The van der Waals surface area contributed by atoms with Gasteiger partial charge in [0.15, 0.2) is 0 Å². The molecule has 1 aromatic carbocycles. The van der Waals surface area contributed by atoms with Gasteiger partial charge >= 0.3 is 12.1 Å². The molecule has 0 aliphatic rings. The molecule has 0 amide bonds. The summed E-state index contributed by atoms with van der Waals surface area (Å²) in [5.74, 6) is -0.956. The molecule has 0 spiro atoms. The summed E-state index contributed by atoms with van der Waals surface area (Å²) in [7, 11) is -3.26. The summed E-state index contributed by atoms with van der Waals surface area (Å²) in [6.45, 7) is 2.90. The number of halogens is 3. The van der Waals surface area contributed by atoms with Crippen molar-refractivity contribution in [2.45, 2.75) is 50.2 Å². The second kappa shape index (κ2) is 8.86. The second-order valence-electron chi connectivity index (χ2n) is 6.79. The van der Waals surface area contributed by atoms with Gasteiger partial charge in [0.2, 0.25) is 10.0 Å². The van der Waals surface area contributed by atoms with Gasteiger partial charge in [0, 0.05) is 18.6 Å². The highest BCUT2D eigenvalue weighted by Gasteiger charge is 2.40. The van der Waals surface area contributed by atoms with E-state index < -0.39 is 45.0 Å². The van der Waals surface area contributed by atoms with Crippen molar-refractivity contribution < 1.29 is 36.0 Å². The van der Waals surface area contributed by atoms with Crippen molar-refractivity contribution in [2.24, 2.45) is 5.41 Å². The summed E-state index contributed by atoms with van der Waals surface area (Å²) in [6, 6.07) is 2.49. The number of nitrogens with one attached hydrogen (secondary N) is 1. The van der Waals surface area contributed by atoms with Crippen molar-refractivity contribution in [3.8, 4) is 0 Å². The number of methoxy groups -OCH3 is 1. The lowest BCUT2D eigenvalue weighted by atomic mass is 9.80. The Balaban J connectivity index is 3.06. The van der Waals surface area contributed by atoms with Crippen LogP contribution in [0.2, 0.25) is 0 Å². The highest BCUT2D eigenvalue weighted by atomic mass is 32.2. The summed E-state index contributed by atoms with van der Waals surface area (Å²) in [6.07, 6.45) is -5.84. The molecule has 0 radical (unpaired) electrons. The summed E-state index contributed by atoms with van der Waals surface area (Å²) in [5, 5.41) is 10.7. The van der Waals surface area contributed by atoms with Crippen LogP contribution < -0.4 is 4.72 Å². The summed E-state index contributed by atoms with van der Waals surface area (Å²) >= 11 is 0. The highest BCUT2D eigenvalue weighted by Crippen LogP contribution is 2.32. The number of alkyl halides is 3. The maximum Gasteiger partial charge on any atom is 0.389 e. The predicted molar refractivity (Wildman–Crippen MR) is 92.9 cm³/mol. The van der Waals surface area contributed by atoms with Gasteiger partial charge in [-0.15, -0.1) is 0 Å². The topological polar surface area (TPSA) is 116 Å². The van der Waals surface area contributed by atoms with Gasteiger partial charge in [-0.1, -0.05) is 13.8 Å². The molecule has 0 bridgehead atoms. The third kappa shape index (κ3) is 6.75. The minimum Gasteiger partial charge on any atom is -0.468 e. The third-order valence-corrected chi connectivity index (χ3v) is 5.57. The van der Waals surface area contributed by atoms with E-state index in [0.717, 1.165) is 31.4 Å². The van der Waals surface area contributed by atoms with E-state index in [1.807, 2.05) is 0 Å². The smallest absolute Gasteiger partial charge is 0.389 e. The summed E-state index contributed by atoms with van der Waals surface area (Å²) < 4.78 is 69.0. The average molecular weight is 426 g/mol. The van der Waals surface area contributed by atoms with Crippen molar-refractivity contribution in [2.75, 3.05) is 7.11 Å². The van der Waals surface area contributed by atoms with Crippen LogP contribution >= 0.6 is 0 Å². The standard InChI is InChI=1S/C16H21F3N2O6S/c1-15(2,9-4-10-16(17,18)19)13(14(22)27-3)20-28(25,26)12-7-5-11(6-8-12)21(23)24/h5-8,13,20H,4,9-10H2,1-3H3/t13-/m1/s1. The molecular weight excluding hydrogens is 405 g/mol. The maximum atomic E-state index is 12.6. The normalized spacial score (nSPS) is 13.8. The Labute approximate surface area is 160 Å². The molecule has 0 aromatic heterocycles. The number of rotatable bonds is 9. The van der Waals surface area contributed by atoms with Crippen molar-refractivity contribution in [1.29, 1.82) is 0 Å². The van der Waals surface area contributed by atoms with Gasteiger partial charge < -0.3 is 4.74 Å². The van der Waals surface area contributed by atoms with E-state index in [9.17, 15) is 36.5 Å². The van der Waals surface area contributed by atoms with Gasteiger partial charge in [0.25, 0.3) is 5.69 Å². The van der Waals surface area contributed by atoms with Crippen LogP contribution in [-0.2, 0) is 19.6 Å². The van der Waals surface area contributed by atoms with E-state index >= 15 is 0 Å². The van der Waals surface area contributed by atoms with Crippen LogP contribution in [0.15, 0.2) is 29.2 Å². The SMILES string of the molecule is COC(=O)[C@@H](NS(=O)(=O)c1ccc([N+](=O)[O-])cc1)C(C)(C)CCCC(F)(F)F. The molecule has 28 heavy (non-hydrogen) atoms. The van der Waals surface area contributed by atoms with Crippen LogP contribution in [-0.4, -0.2) is 38.6 Å². The van der Waals surface area contributed by atoms with Gasteiger partial charge in [0.05, 0.1) is 16.9 Å². The third-order valence-electron chi connectivity index (χ3n) is 4.13. The van der Waals surface area contributed by atoms with E-state index in [0.29, 0.717) is 0 Å². The lowest BCUT2D eigenvalue weighted by Crippen LogP contribution is -2.50. The molecule has 0 heterocycles. The fraction of sp³-hybridized carbons (Fsp3) is 0.562. The number of nitrogens with zero attached hydrogens (tertiary/aromatic N) is 1. The van der Waals surface area contributed by atoms with Crippen LogP contribution in [0.4, 0.5) is 18.9 Å². The first-order valence-electron chi connectivity index (χ1n) is 8.11. The molecule has 1 rings (SSSR count). The van der Waals surface area contributed by atoms with Gasteiger partial charge in [-0.3, -0.25) is 14.9 Å². The Morgan fingerprint density at radius 1 is 1.21 bits per heavy atom. The fourth-order valence-corrected chi connectivity index (χ4v) is 3.86. The Kier molecular flexibility index (Phi) is 7.54. The number of nitro groups is 1. The number of ether oxygens (including phenoxy) is 1. The number of non-ortho nitro benzene ring substituents is 1. The first-order valence-corrected chi connectivity index (χ1v) is 9.59. The molecular formula is C16H21F3N2O6S. The maximum absolute atomic E-state index is 12.6. The average Bonchev–Trinajstić information content (AvgIpc) is 2.57. The highest BCUT2D eigenvalue weighted by molar-refractivity contribution is 7.89. The van der Waals surface area contributed by atoms with Crippen molar-refractivity contribution in [3.05, 3.63) is 34.4 Å². The number of carbonyl (C=O) groups excluding carboxylic acids is 1. The molecule has 1 atom stereocenters. The van der Waals surface area contributed by atoms with Crippen LogP contribution in [0.25, 0.3) is 0 Å². The lowest BCUT2D eigenvalue weighted by Gasteiger charge is -2.33. The Bertz CT molecular complexity index is 807. The minimum atomic E-state index is -4.37. The summed E-state index contributed by atoms with van der Waals surface area (Å²) in [5.41, 5.74) is -1.51. The van der Waals surface area contributed by atoms with Crippen LogP contribution in [0.1, 0.15) is 33.1 Å². The molecule has 0 aliphatic heterocycles. The van der Waals surface area contributed by atoms with Gasteiger partial charge in [-0.05, 0) is 30.4 Å². The van der Waals surface area contributed by atoms with Crippen molar-refractivity contribution >= 4 is 21.7 Å². The van der Waals surface area contributed by atoms with Gasteiger partial charge in [0.1, 0.15) is 6.04 Å². The van der Waals surface area contributed by atoms with Gasteiger partial charge in [-0.2, -0.15) is 17.9 Å². The van der Waals surface area contributed by atoms with Crippen LogP contribution in [0.3, 0.4) is 0 Å². The largest absolute Gasteiger partial charge is 0.468 e. The molecule has 12 heteroatoms. The van der Waals surface area contributed by atoms with Crippen molar-refractivity contribution in [1.82, 2.24) is 4.72 Å². The van der Waals surface area contributed by atoms with Crippen LogP contribution in [0.5, 0.6) is 0 Å². The quantitative estimate of drug-likeness (QED) is 0.368.